The summed E-state index contributed by atoms with van der Waals surface area (Å²) in [5, 5.41) is 2.66. The Balaban J connectivity index is 1.72. The molecular weight excluding hydrogens is 475 g/mol. The van der Waals surface area contributed by atoms with E-state index in [1.807, 2.05) is 30.3 Å². The van der Waals surface area contributed by atoms with Crippen molar-refractivity contribution in [3.05, 3.63) is 84.2 Å². The molecule has 0 aliphatic rings. The average Bonchev–Trinajstić information content (AvgIpc) is 2.87. The van der Waals surface area contributed by atoms with Gasteiger partial charge in [0.05, 0.1) is 38.0 Å². The lowest BCUT2D eigenvalue weighted by Gasteiger charge is -2.24. The topological polar surface area (TPSA) is 94.2 Å². The van der Waals surface area contributed by atoms with Crippen LogP contribution in [0.2, 0.25) is 0 Å². The molecule has 0 aromatic heterocycles. The molecule has 186 valence electrons. The fraction of sp³-hybridized carbons (Fsp3) is 0.240. The summed E-state index contributed by atoms with van der Waals surface area (Å²) in [4.78, 5) is 12.5. The summed E-state index contributed by atoms with van der Waals surface area (Å²) >= 11 is 0. The van der Waals surface area contributed by atoms with Crippen LogP contribution in [0.1, 0.15) is 5.56 Å². The lowest BCUT2D eigenvalue weighted by atomic mass is 10.2. The molecule has 1 amide bonds. The molecule has 0 aliphatic heterocycles. The zero-order chi connectivity index (χ0) is 25.3. The fourth-order valence-electron chi connectivity index (χ4n) is 3.24. The number of nitrogens with one attached hydrogen (secondary N) is 1. The minimum Gasteiger partial charge on any atom is -0.493 e. The van der Waals surface area contributed by atoms with Crippen molar-refractivity contribution >= 4 is 21.6 Å². The van der Waals surface area contributed by atoms with Crippen LogP contribution in [-0.2, 0) is 26.2 Å². The monoisotopic (exact) mass is 502 g/mol. The van der Waals surface area contributed by atoms with E-state index >= 15 is 0 Å². The van der Waals surface area contributed by atoms with Gasteiger partial charge in [0.15, 0.2) is 11.5 Å². The summed E-state index contributed by atoms with van der Waals surface area (Å²) in [7, 11) is -1.38. The van der Waals surface area contributed by atoms with Crippen LogP contribution in [-0.4, -0.2) is 48.2 Å². The normalized spacial score (nSPS) is 11.1. The highest BCUT2D eigenvalue weighted by atomic mass is 32.2. The molecule has 0 radical (unpaired) electrons. The molecule has 0 saturated heterocycles. The zero-order valence-corrected chi connectivity index (χ0v) is 20.3. The molecule has 0 fully saturated rings. The molecule has 10 heteroatoms. The van der Waals surface area contributed by atoms with Crippen LogP contribution in [0.3, 0.4) is 0 Å². The Morgan fingerprint density at radius 1 is 0.943 bits per heavy atom. The number of amides is 1. The van der Waals surface area contributed by atoms with Crippen molar-refractivity contribution < 1.29 is 31.8 Å². The van der Waals surface area contributed by atoms with E-state index in [0.29, 0.717) is 12.4 Å². The second-order valence-electron chi connectivity index (χ2n) is 7.39. The predicted octanol–water partition coefficient (Wildman–Crippen LogP) is 3.37. The Morgan fingerprint density at radius 3 is 2.29 bits per heavy atom. The third-order valence-corrected chi connectivity index (χ3v) is 6.79. The minimum atomic E-state index is -4.21. The molecular formula is C25H27FN2O6S. The van der Waals surface area contributed by atoms with Gasteiger partial charge < -0.3 is 19.5 Å². The van der Waals surface area contributed by atoms with Gasteiger partial charge in [-0.1, -0.05) is 30.3 Å². The van der Waals surface area contributed by atoms with Crippen LogP contribution in [0.4, 0.5) is 10.1 Å². The highest BCUT2D eigenvalue weighted by molar-refractivity contribution is 7.92. The van der Waals surface area contributed by atoms with Crippen LogP contribution >= 0.6 is 0 Å². The van der Waals surface area contributed by atoms with Gasteiger partial charge in [-0.15, -0.1) is 0 Å². The second-order valence-corrected chi connectivity index (χ2v) is 9.26. The number of carbonyl (C=O) groups excluding carboxylic acids is 1. The lowest BCUT2D eigenvalue weighted by molar-refractivity contribution is -0.119. The maximum Gasteiger partial charge on any atom is 0.264 e. The van der Waals surface area contributed by atoms with Gasteiger partial charge in [0.1, 0.15) is 12.4 Å². The zero-order valence-electron chi connectivity index (χ0n) is 19.4. The number of ether oxygens (including phenoxy) is 3. The molecule has 8 nitrogen and oxygen atoms in total. The number of hydrogen-bond acceptors (Lipinski definition) is 6. The van der Waals surface area contributed by atoms with Gasteiger partial charge in [-0.2, -0.15) is 0 Å². The minimum absolute atomic E-state index is 0.113. The lowest BCUT2D eigenvalue weighted by Crippen LogP contribution is -2.41. The first-order valence-electron chi connectivity index (χ1n) is 10.7. The van der Waals surface area contributed by atoms with Gasteiger partial charge in [-0.05, 0) is 42.0 Å². The van der Waals surface area contributed by atoms with Gasteiger partial charge in [0.2, 0.25) is 5.91 Å². The number of halogens is 1. The van der Waals surface area contributed by atoms with Crippen LogP contribution in [0.5, 0.6) is 11.5 Å². The van der Waals surface area contributed by atoms with E-state index in [1.54, 1.807) is 0 Å². The molecule has 1 N–H and O–H groups in total. The van der Waals surface area contributed by atoms with Crippen molar-refractivity contribution in [3.63, 3.8) is 0 Å². The molecule has 0 heterocycles. The number of sulfonamides is 1. The maximum absolute atomic E-state index is 13.5. The molecule has 0 aliphatic carbocycles. The summed E-state index contributed by atoms with van der Waals surface area (Å²) in [6.07, 6.45) is 0. The first kappa shape index (κ1) is 26.0. The third-order valence-electron chi connectivity index (χ3n) is 5.02. The van der Waals surface area contributed by atoms with E-state index in [0.717, 1.165) is 22.0 Å². The Morgan fingerprint density at radius 2 is 1.63 bits per heavy atom. The molecule has 35 heavy (non-hydrogen) atoms. The van der Waals surface area contributed by atoms with Crippen molar-refractivity contribution in [2.24, 2.45) is 0 Å². The SMILES string of the molecule is COc1ccc(S(=O)(=O)N(CC(=O)NCCOCc2ccccc2)c2ccc(F)cc2)cc1OC. The van der Waals surface area contributed by atoms with Crippen molar-refractivity contribution in [2.45, 2.75) is 11.5 Å². The van der Waals surface area contributed by atoms with E-state index in [4.69, 9.17) is 14.2 Å². The second kappa shape index (κ2) is 12.2. The van der Waals surface area contributed by atoms with Gasteiger partial charge >= 0.3 is 0 Å². The van der Waals surface area contributed by atoms with Crippen LogP contribution in [0.25, 0.3) is 0 Å². The molecule has 0 spiro atoms. The van der Waals surface area contributed by atoms with Crippen LogP contribution in [0.15, 0.2) is 77.7 Å². The predicted molar refractivity (Wildman–Crippen MR) is 130 cm³/mol. The molecule has 0 atom stereocenters. The number of rotatable bonds is 12. The summed E-state index contributed by atoms with van der Waals surface area (Å²) in [6.45, 7) is 0.325. The smallest absolute Gasteiger partial charge is 0.264 e. The standard InChI is InChI=1S/C25H27FN2O6S/c1-32-23-13-12-22(16-24(23)33-2)35(30,31)28(21-10-8-20(26)9-11-21)17-25(29)27-14-15-34-18-19-6-4-3-5-7-19/h3-13,16H,14-15,17-18H2,1-2H3,(H,27,29). The first-order chi connectivity index (χ1) is 16.8. The summed E-state index contributed by atoms with van der Waals surface area (Å²) in [5.41, 5.74) is 1.14. The van der Waals surface area contributed by atoms with Gasteiger partial charge in [0.25, 0.3) is 10.0 Å². The number of carbonyl (C=O) groups is 1. The van der Waals surface area contributed by atoms with E-state index in [2.05, 4.69) is 5.32 Å². The number of benzene rings is 3. The van der Waals surface area contributed by atoms with E-state index in [-0.39, 0.29) is 29.5 Å². The summed E-state index contributed by atoms with van der Waals surface area (Å²) in [6, 6.07) is 18.5. The van der Waals surface area contributed by atoms with Crippen molar-refractivity contribution in [2.75, 3.05) is 38.2 Å². The number of anilines is 1. The highest BCUT2D eigenvalue weighted by Crippen LogP contribution is 2.32. The Bertz CT molecular complexity index is 1220. The number of nitrogens with zero attached hydrogens (tertiary/aromatic N) is 1. The van der Waals surface area contributed by atoms with Crippen LogP contribution in [0, 0.1) is 5.82 Å². The molecule has 0 unspecified atom stereocenters. The van der Waals surface area contributed by atoms with Crippen LogP contribution < -0.4 is 19.1 Å². The molecule has 0 bridgehead atoms. The fourth-order valence-corrected chi connectivity index (χ4v) is 4.68. The van der Waals surface area contributed by atoms with Gasteiger partial charge in [-0.25, -0.2) is 12.8 Å². The average molecular weight is 503 g/mol. The van der Waals surface area contributed by atoms with Gasteiger partial charge in [0, 0.05) is 12.6 Å². The molecule has 3 aromatic rings. The number of hydrogen-bond donors (Lipinski definition) is 1. The van der Waals surface area contributed by atoms with Gasteiger partial charge in [-0.3, -0.25) is 9.10 Å². The Kier molecular flexibility index (Phi) is 9.04. The maximum atomic E-state index is 13.5. The number of methoxy groups -OCH3 is 2. The quantitative estimate of drug-likeness (QED) is 0.382. The Labute approximate surface area is 204 Å². The van der Waals surface area contributed by atoms with Crippen molar-refractivity contribution in [1.82, 2.24) is 5.32 Å². The van der Waals surface area contributed by atoms with E-state index < -0.39 is 28.3 Å². The molecule has 3 rings (SSSR count). The van der Waals surface area contributed by atoms with E-state index in [1.165, 1.54) is 44.6 Å². The van der Waals surface area contributed by atoms with E-state index in [9.17, 15) is 17.6 Å². The molecule has 3 aromatic carbocycles. The third kappa shape index (κ3) is 6.93. The largest absolute Gasteiger partial charge is 0.493 e. The van der Waals surface area contributed by atoms with Crippen molar-refractivity contribution in [3.8, 4) is 11.5 Å². The summed E-state index contributed by atoms with van der Waals surface area (Å²) in [5.74, 6) is -0.500. The Hall–Kier alpha value is -3.63. The summed E-state index contributed by atoms with van der Waals surface area (Å²) < 4.78 is 57.3. The highest BCUT2D eigenvalue weighted by Gasteiger charge is 2.28. The first-order valence-corrected chi connectivity index (χ1v) is 12.2. The molecule has 0 saturated carbocycles. The van der Waals surface area contributed by atoms with Crippen molar-refractivity contribution in [1.29, 1.82) is 0 Å².